The van der Waals surface area contributed by atoms with Gasteiger partial charge in [0, 0.05) is 43.4 Å². The van der Waals surface area contributed by atoms with Crippen LogP contribution >= 0.6 is 0 Å². The van der Waals surface area contributed by atoms with E-state index < -0.39 is 0 Å². The summed E-state index contributed by atoms with van der Waals surface area (Å²) in [7, 11) is 1.91. The van der Waals surface area contributed by atoms with E-state index in [1.54, 1.807) is 0 Å². The van der Waals surface area contributed by atoms with E-state index in [1.807, 2.05) is 47.0 Å². The second kappa shape index (κ2) is 7.46. The third-order valence-corrected chi connectivity index (χ3v) is 4.85. The molecule has 3 aromatic rings. The molecule has 146 valence electrons. The number of fused-ring (bicyclic) bond motifs is 1. The maximum absolute atomic E-state index is 12.5. The summed E-state index contributed by atoms with van der Waals surface area (Å²) in [6.07, 6.45) is 0.744. The summed E-state index contributed by atoms with van der Waals surface area (Å²) in [5.74, 6) is 1.31. The van der Waals surface area contributed by atoms with E-state index in [1.165, 1.54) is 0 Å². The number of hydrogen-bond donors (Lipinski definition) is 1. The number of carbonyl (C=O) groups excluding carboxylic acids is 1. The van der Waals surface area contributed by atoms with Crippen LogP contribution in [0, 0.1) is 5.92 Å². The van der Waals surface area contributed by atoms with E-state index in [0.29, 0.717) is 43.0 Å². The van der Waals surface area contributed by atoms with Crippen molar-refractivity contribution < 1.29 is 9.32 Å². The normalized spacial score (nSPS) is 13.6. The number of benzene rings is 1. The maximum Gasteiger partial charge on any atom is 0.317 e. The Morgan fingerprint density at radius 3 is 2.82 bits per heavy atom. The van der Waals surface area contributed by atoms with E-state index in [4.69, 9.17) is 4.52 Å². The number of nitrogens with zero attached hydrogens (tertiary/aromatic N) is 5. The predicted octanol–water partition coefficient (Wildman–Crippen LogP) is 2.86. The molecule has 0 bridgehead atoms. The third kappa shape index (κ3) is 3.49. The highest BCUT2D eigenvalue weighted by atomic mass is 16.5. The van der Waals surface area contributed by atoms with Gasteiger partial charge in [0.15, 0.2) is 5.69 Å². The minimum absolute atomic E-state index is 0.0512. The Hall–Kier alpha value is -3.16. The summed E-state index contributed by atoms with van der Waals surface area (Å²) in [6, 6.07) is 9.62. The highest BCUT2D eigenvalue weighted by Gasteiger charge is 2.29. The highest BCUT2D eigenvalue weighted by molar-refractivity contribution is 5.75. The molecular weight excluding hydrogens is 356 g/mol. The van der Waals surface area contributed by atoms with E-state index in [0.717, 1.165) is 23.2 Å². The number of carbonyl (C=O) groups is 1. The van der Waals surface area contributed by atoms with Crippen LogP contribution in [-0.4, -0.2) is 43.9 Å². The standard InChI is InChI=1S/C20H24N6O2/c1-13(2)11-21-20(27)26-10-9-16-15(12-26)17(23-25(16)3)19-22-18(24-28-19)14-7-5-4-6-8-14/h4-8,13H,9-12H2,1-3H3,(H,21,27). The second-order valence-corrected chi connectivity index (χ2v) is 7.44. The molecule has 28 heavy (non-hydrogen) atoms. The average Bonchev–Trinajstić information content (AvgIpc) is 3.31. The van der Waals surface area contributed by atoms with Crippen LogP contribution in [0.2, 0.25) is 0 Å². The molecule has 0 radical (unpaired) electrons. The molecule has 1 aromatic carbocycles. The Bertz CT molecular complexity index is 976. The summed E-state index contributed by atoms with van der Waals surface area (Å²) in [6.45, 7) is 5.95. The average molecular weight is 380 g/mol. The SMILES string of the molecule is CC(C)CNC(=O)N1CCc2c(c(-c3nc(-c4ccccc4)no3)nn2C)C1. The zero-order valence-corrected chi connectivity index (χ0v) is 16.3. The fourth-order valence-electron chi connectivity index (χ4n) is 3.36. The largest absolute Gasteiger partial charge is 0.338 e. The van der Waals surface area contributed by atoms with Crippen LogP contribution in [-0.2, 0) is 20.0 Å². The van der Waals surface area contributed by atoms with Crippen molar-refractivity contribution >= 4 is 6.03 Å². The maximum atomic E-state index is 12.5. The smallest absolute Gasteiger partial charge is 0.317 e. The predicted molar refractivity (Wildman–Crippen MR) is 104 cm³/mol. The molecule has 1 aliphatic rings. The van der Waals surface area contributed by atoms with Crippen molar-refractivity contribution in [3.63, 3.8) is 0 Å². The molecule has 0 spiro atoms. The first-order chi connectivity index (χ1) is 13.5. The monoisotopic (exact) mass is 380 g/mol. The van der Waals surface area contributed by atoms with Gasteiger partial charge in [-0.1, -0.05) is 49.3 Å². The summed E-state index contributed by atoms with van der Waals surface area (Å²) in [5.41, 5.74) is 3.60. The molecule has 0 saturated carbocycles. The zero-order chi connectivity index (χ0) is 19.7. The quantitative estimate of drug-likeness (QED) is 0.752. The van der Waals surface area contributed by atoms with Gasteiger partial charge in [-0.05, 0) is 5.92 Å². The van der Waals surface area contributed by atoms with Crippen LogP contribution in [0.1, 0.15) is 25.1 Å². The van der Waals surface area contributed by atoms with Gasteiger partial charge in [-0.3, -0.25) is 4.68 Å². The lowest BCUT2D eigenvalue weighted by Crippen LogP contribution is -2.44. The minimum atomic E-state index is -0.0512. The zero-order valence-electron chi connectivity index (χ0n) is 16.3. The number of rotatable bonds is 4. The van der Waals surface area contributed by atoms with Gasteiger partial charge in [-0.15, -0.1) is 0 Å². The van der Waals surface area contributed by atoms with Gasteiger partial charge in [-0.25, -0.2) is 4.79 Å². The molecule has 0 aliphatic carbocycles. The molecule has 1 aliphatic heterocycles. The van der Waals surface area contributed by atoms with E-state index in [9.17, 15) is 4.79 Å². The number of urea groups is 1. The van der Waals surface area contributed by atoms with Gasteiger partial charge in [0.05, 0.1) is 6.54 Å². The highest BCUT2D eigenvalue weighted by Crippen LogP contribution is 2.30. The van der Waals surface area contributed by atoms with Crippen molar-refractivity contribution in [3.05, 3.63) is 41.6 Å². The molecule has 0 saturated heterocycles. The summed E-state index contributed by atoms with van der Waals surface area (Å²) in [4.78, 5) is 18.8. The lowest BCUT2D eigenvalue weighted by molar-refractivity contribution is 0.190. The third-order valence-electron chi connectivity index (χ3n) is 4.85. The van der Waals surface area contributed by atoms with Gasteiger partial charge in [0.25, 0.3) is 5.89 Å². The van der Waals surface area contributed by atoms with Crippen LogP contribution in [0.3, 0.4) is 0 Å². The number of hydrogen-bond acceptors (Lipinski definition) is 5. The van der Waals surface area contributed by atoms with Crippen molar-refractivity contribution in [2.75, 3.05) is 13.1 Å². The molecule has 2 aromatic heterocycles. The second-order valence-electron chi connectivity index (χ2n) is 7.44. The fourth-order valence-corrected chi connectivity index (χ4v) is 3.36. The van der Waals surface area contributed by atoms with Crippen LogP contribution in [0.4, 0.5) is 4.79 Å². The van der Waals surface area contributed by atoms with Crippen molar-refractivity contribution in [2.45, 2.75) is 26.8 Å². The lowest BCUT2D eigenvalue weighted by Gasteiger charge is -2.28. The Balaban J connectivity index is 1.60. The lowest BCUT2D eigenvalue weighted by atomic mass is 10.1. The number of amides is 2. The first kappa shape index (κ1) is 18.2. The fraction of sp³-hybridized carbons (Fsp3) is 0.400. The number of nitrogens with one attached hydrogen (secondary N) is 1. The van der Waals surface area contributed by atoms with E-state index in [2.05, 4.69) is 34.4 Å². The van der Waals surface area contributed by atoms with Crippen molar-refractivity contribution in [1.29, 1.82) is 0 Å². The topological polar surface area (TPSA) is 89.1 Å². The van der Waals surface area contributed by atoms with Gasteiger partial charge in [0.1, 0.15) is 0 Å². The van der Waals surface area contributed by atoms with Gasteiger partial charge in [0.2, 0.25) is 5.82 Å². The van der Waals surface area contributed by atoms with Crippen molar-refractivity contribution in [3.8, 4) is 23.0 Å². The van der Waals surface area contributed by atoms with Crippen molar-refractivity contribution in [2.24, 2.45) is 13.0 Å². The number of aromatic nitrogens is 4. The van der Waals surface area contributed by atoms with Gasteiger partial charge >= 0.3 is 6.03 Å². The summed E-state index contributed by atoms with van der Waals surface area (Å²) >= 11 is 0. The molecule has 4 rings (SSSR count). The van der Waals surface area contributed by atoms with E-state index >= 15 is 0 Å². The Morgan fingerprint density at radius 1 is 1.29 bits per heavy atom. The minimum Gasteiger partial charge on any atom is -0.338 e. The van der Waals surface area contributed by atoms with Crippen LogP contribution < -0.4 is 5.32 Å². The number of aryl methyl sites for hydroxylation is 1. The van der Waals surface area contributed by atoms with Gasteiger partial charge < -0.3 is 14.7 Å². The first-order valence-electron chi connectivity index (χ1n) is 9.50. The summed E-state index contributed by atoms with van der Waals surface area (Å²) < 4.78 is 7.35. The molecule has 8 heteroatoms. The Morgan fingerprint density at radius 2 is 2.07 bits per heavy atom. The molecule has 2 amide bonds. The molecule has 0 unspecified atom stereocenters. The van der Waals surface area contributed by atoms with E-state index in [-0.39, 0.29) is 6.03 Å². The molecule has 1 N–H and O–H groups in total. The molecule has 8 nitrogen and oxygen atoms in total. The Labute approximate surface area is 163 Å². The molecule has 0 fully saturated rings. The van der Waals surface area contributed by atoms with Crippen LogP contribution in [0.25, 0.3) is 23.0 Å². The first-order valence-corrected chi connectivity index (χ1v) is 9.50. The molecule has 3 heterocycles. The molecular formula is C20H24N6O2. The van der Waals surface area contributed by atoms with Crippen molar-refractivity contribution in [1.82, 2.24) is 30.1 Å². The van der Waals surface area contributed by atoms with Crippen LogP contribution in [0.15, 0.2) is 34.9 Å². The van der Waals surface area contributed by atoms with Gasteiger partial charge in [-0.2, -0.15) is 10.1 Å². The Kier molecular flexibility index (Phi) is 4.85. The van der Waals surface area contributed by atoms with Crippen LogP contribution in [0.5, 0.6) is 0 Å². The summed E-state index contributed by atoms with van der Waals surface area (Å²) in [5, 5.41) is 11.7. The molecule has 0 atom stereocenters.